The first-order chi connectivity index (χ1) is 9.05. The first-order valence-electron chi connectivity index (χ1n) is 6.52. The van der Waals surface area contributed by atoms with Gasteiger partial charge in [0.05, 0.1) is 18.2 Å². The predicted octanol–water partition coefficient (Wildman–Crippen LogP) is 1.90. The van der Waals surface area contributed by atoms with E-state index in [0.29, 0.717) is 18.7 Å². The van der Waals surface area contributed by atoms with Gasteiger partial charge in [-0.1, -0.05) is 19.1 Å². The monoisotopic (exact) mass is 259 g/mol. The second-order valence-corrected chi connectivity index (χ2v) is 4.86. The molecule has 1 amide bonds. The summed E-state index contributed by atoms with van der Waals surface area (Å²) in [5, 5.41) is 11.8. The quantitative estimate of drug-likeness (QED) is 0.849. The molecule has 0 saturated heterocycles. The molecule has 0 aliphatic rings. The van der Waals surface area contributed by atoms with Crippen molar-refractivity contribution >= 4 is 5.91 Å². The molecular formula is C15H21N3O. The van der Waals surface area contributed by atoms with E-state index in [4.69, 9.17) is 5.26 Å². The minimum atomic E-state index is 0.0355. The molecular weight excluding hydrogens is 238 g/mol. The van der Waals surface area contributed by atoms with Crippen LogP contribution in [0.2, 0.25) is 0 Å². The van der Waals surface area contributed by atoms with E-state index >= 15 is 0 Å². The third-order valence-electron chi connectivity index (χ3n) is 2.94. The fraction of sp³-hybridized carbons (Fsp3) is 0.467. The highest BCUT2D eigenvalue weighted by molar-refractivity contribution is 5.78. The van der Waals surface area contributed by atoms with Gasteiger partial charge in [0.2, 0.25) is 5.91 Å². The summed E-state index contributed by atoms with van der Waals surface area (Å²) in [6.45, 7) is 5.06. The van der Waals surface area contributed by atoms with Gasteiger partial charge in [-0.15, -0.1) is 0 Å². The predicted molar refractivity (Wildman–Crippen MR) is 75.4 cm³/mol. The molecule has 1 aromatic carbocycles. The van der Waals surface area contributed by atoms with Crippen LogP contribution in [0.15, 0.2) is 24.3 Å². The van der Waals surface area contributed by atoms with E-state index in [2.05, 4.69) is 11.4 Å². The maximum Gasteiger partial charge on any atom is 0.234 e. The van der Waals surface area contributed by atoms with E-state index < -0.39 is 0 Å². The fourth-order valence-corrected chi connectivity index (χ4v) is 1.77. The average Bonchev–Trinajstić information content (AvgIpc) is 2.38. The lowest BCUT2D eigenvalue weighted by Gasteiger charge is -2.18. The SMILES string of the molecule is CCC(C)NC(=O)CN(C)Cc1cccc(C#N)c1. The number of likely N-dealkylation sites (N-methyl/N-ethyl adjacent to an activating group) is 1. The van der Waals surface area contributed by atoms with Gasteiger partial charge in [-0.05, 0) is 38.1 Å². The molecule has 4 nitrogen and oxygen atoms in total. The minimum absolute atomic E-state index is 0.0355. The van der Waals surface area contributed by atoms with Crippen molar-refractivity contribution in [1.29, 1.82) is 5.26 Å². The molecule has 1 rings (SSSR count). The number of hydrogen-bond donors (Lipinski definition) is 1. The summed E-state index contributed by atoms with van der Waals surface area (Å²) in [6.07, 6.45) is 0.930. The van der Waals surface area contributed by atoms with Crippen LogP contribution in [0.1, 0.15) is 31.4 Å². The van der Waals surface area contributed by atoms with Crippen LogP contribution in [-0.4, -0.2) is 30.4 Å². The third kappa shape index (κ3) is 5.54. The van der Waals surface area contributed by atoms with Gasteiger partial charge in [0.25, 0.3) is 0 Å². The Hall–Kier alpha value is -1.86. The number of nitrogens with one attached hydrogen (secondary N) is 1. The van der Waals surface area contributed by atoms with Crippen molar-refractivity contribution < 1.29 is 4.79 Å². The topological polar surface area (TPSA) is 56.1 Å². The van der Waals surface area contributed by atoms with E-state index in [1.54, 1.807) is 6.07 Å². The molecule has 0 heterocycles. The minimum Gasteiger partial charge on any atom is -0.353 e. The van der Waals surface area contributed by atoms with Crippen LogP contribution >= 0.6 is 0 Å². The third-order valence-corrected chi connectivity index (χ3v) is 2.94. The zero-order valence-electron chi connectivity index (χ0n) is 11.8. The molecule has 1 atom stereocenters. The molecule has 0 radical (unpaired) electrons. The van der Waals surface area contributed by atoms with Crippen molar-refractivity contribution in [3.05, 3.63) is 35.4 Å². The van der Waals surface area contributed by atoms with Crippen LogP contribution in [0.25, 0.3) is 0 Å². The van der Waals surface area contributed by atoms with Crippen molar-refractivity contribution in [3.8, 4) is 6.07 Å². The summed E-state index contributed by atoms with van der Waals surface area (Å²) < 4.78 is 0. The van der Waals surface area contributed by atoms with Crippen molar-refractivity contribution in [1.82, 2.24) is 10.2 Å². The number of amides is 1. The highest BCUT2D eigenvalue weighted by Gasteiger charge is 2.09. The number of nitriles is 1. The van der Waals surface area contributed by atoms with Gasteiger partial charge in [-0.25, -0.2) is 0 Å². The molecule has 0 aromatic heterocycles. The summed E-state index contributed by atoms with van der Waals surface area (Å²) >= 11 is 0. The van der Waals surface area contributed by atoms with Gasteiger partial charge in [-0.2, -0.15) is 5.26 Å². The van der Waals surface area contributed by atoms with Gasteiger partial charge < -0.3 is 5.32 Å². The van der Waals surface area contributed by atoms with Crippen LogP contribution in [0, 0.1) is 11.3 Å². The van der Waals surface area contributed by atoms with Gasteiger partial charge in [0.1, 0.15) is 0 Å². The molecule has 0 saturated carbocycles. The van der Waals surface area contributed by atoms with Crippen molar-refractivity contribution in [2.45, 2.75) is 32.9 Å². The highest BCUT2D eigenvalue weighted by Crippen LogP contribution is 2.06. The second kappa shape index (κ2) is 7.55. The second-order valence-electron chi connectivity index (χ2n) is 4.86. The lowest BCUT2D eigenvalue weighted by molar-refractivity contribution is -0.122. The molecule has 0 bridgehead atoms. The summed E-state index contributed by atoms with van der Waals surface area (Å²) in [5.74, 6) is 0.0355. The number of carbonyl (C=O) groups excluding carboxylic acids is 1. The van der Waals surface area contributed by atoms with E-state index in [1.165, 1.54) is 0 Å². The summed E-state index contributed by atoms with van der Waals surface area (Å²) in [5.41, 5.74) is 1.69. The fourth-order valence-electron chi connectivity index (χ4n) is 1.77. The first-order valence-corrected chi connectivity index (χ1v) is 6.52. The summed E-state index contributed by atoms with van der Waals surface area (Å²) in [7, 11) is 1.90. The van der Waals surface area contributed by atoms with E-state index in [-0.39, 0.29) is 11.9 Å². The summed E-state index contributed by atoms with van der Waals surface area (Å²) in [4.78, 5) is 13.7. The van der Waals surface area contributed by atoms with E-state index in [0.717, 1.165) is 12.0 Å². The van der Waals surface area contributed by atoms with Gasteiger partial charge in [0.15, 0.2) is 0 Å². The van der Waals surface area contributed by atoms with E-state index in [1.807, 2.05) is 44.0 Å². The lowest BCUT2D eigenvalue weighted by Crippen LogP contribution is -2.39. The maximum absolute atomic E-state index is 11.7. The van der Waals surface area contributed by atoms with Crippen molar-refractivity contribution in [2.75, 3.05) is 13.6 Å². The van der Waals surface area contributed by atoms with Crippen LogP contribution in [0.3, 0.4) is 0 Å². The van der Waals surface area contributed by atoms with Crippen LogP contribution < -0.4 is 5.32 Å². The Morgan fingerprint density at radius 2 is 2.26 bits per heavy atom. The molecule has 102 valence electrons. The number of nitrogens with zero attached hydrogens (tertiary/aromatic N) is 2. The molecule has 0 fully saturated rings. The molecule has 1 aromatic rings. The largest absolute Gasteiger partial charge is 0.353 e. The molecule has 0 aliphatic carbocycles. The molecule has 4 heteroatoms. The van der Waals surface area contributed by atoms with Crippen LogP contribution in [0.4, 0.5) is 0 Å². The van der Waals surface area contributed by atoms with Crippen LogP contribution in [0.5, 0.6) is 0 Å². The smallest absolute Gasteiger partial charge is 0.234 e. The van der Waals surface area contributed by atoms with Gasteiger partial charge >= 0.3 is 0 Å². The van der Waals surface area contributed by atoms with Crippen molar-refractivity contribution in [3.63, 3.8) is 0 Å². The Labute approximate surface area is 115 Å². The zero-order chi connectivity index (χ0) is 14.3. The molecule has 19 heavy (non-hydrogen) atoms. The average molecular weight is 259 g/mol. The molecule has 1 unspecified atom stereocenters. The first kappa shape index (κ1) is 15.2. The highest BCUT2D eigenvalue weighted by atomic mass is 16.2. The number of benzene rings is 1. The Bertz CT molecular complexity index is 465. The molecule has 1 N–H and O–H groups in total. The Balaban J connectivity index is 2.48. The lowest BCUT2D eigenvalue weighted by atomic mass is 10.1. The van der Waals surface area contributed by atoms with Gasteiger partial charge in [0, 0.05) is 12.6 Å². The van der Waals surface area contributed by atoms with E-state index in [9.17, 15) is 4.79 Å². The normalized spacial score (nSPS) is 11.9. The number of rotatable bonds is 6. The summed E-state index contributed by atoms with van der Waals surface area (Å²) in [6, 6.07) is 9.78. The van der Waals surface area contributed by atoms with Crippen LogP contribution in [-0.2, 0) is 11.3 Å². The standard InChI is InChI=1S/C15H21N3O/c1-4-12(2)17-15(19)11-18(3)10-14-7-5-6-13(8-14)9-16/h5-8,12H,4,10-11H2,1-3H3,(H,17,19). The Morgan fingerprint density at radius 3 is 2.89 bits per heavy atom. The molecule has 0 spiro atoms. The maximum atomic E-state index is 11.7. The van der Waals surface area contributed by atoms with Crippen molar-refractivity contribution in [2.24, 2.45) is 0 Å². The number of carbonyl (C=O) groups is 1. The Kier molecular flexibility index (Phi) is 6.04. The Morgan fingerprint density at radius 1 is 1.53 bits per heavy atom. The zero-order valence-corrected chi connectivity index (χ0v) is 11.8. The van der Waals surface area contributed by atoms with Gasteiger partial charge in [-0.3, -0.25) is 9.69 Å². The number of hydrogen-bond acceptors (Lipinski definition) is 3. The molecule has 0 aliphatic heterocycles.